The van der Waals surface area contributed by atoms with Gasteiger partial charge in [-0.3, -0.25) is 4.98 Å². The highest BCUT2D eigenvalue weighted by Gasteiger charge is 2.18. The Bertz CT molecular complexity index is 609. The van der Waals surface area contributed by atoms with Crippen LogP contribution in [0, 0.1) is 0 Å². The monoisotopic (exact) mass is 260 g/mol. The van der Waals surface area contributed by atoms with Crippen LogP contribution in [-0.2, 0) is 11.0 Å². The number of hydrogen-bond acceptors (Lipinski definition) is 2. The van der Waals surface area contributed by atoms with E-state index in [1.54, 1.807) is 18.6 Å². The van der Waals surface area contributed by atoms with Crippen LogP contribution in [0.5, 0.6) is 0 Å². The Labute approximate surface area is 110 Å². The molecule has 94 valence electrons. The van der Waals surface area contributed by atoms with E-state index in [1.807, 2.05) is 45.0 Å². The number of rotatable bonds is 2. The summed E-state index contributed by atoms with van der Waals surface area (Å²) < 4.78 is 15.7. The van der Waals surface area contributed by atoms with E-state index < -0.39 is 11.0 Å². The second-order valence-electron chi connectivity index (χ2n) is 5.04. The first kappa shape index (κ1) is 12.9. The fourth-order valence-electron chi connectivity index (χ4n) is 1.51. The van der Waals surface area contributed by atoms with Crippen molar-refractivity contribution < 1.29 is 4.21 Å². The van der Waals surface area contributed by atoms with Crippen molar-refractivity contribution in [3.63, 3.8) is 0 Å². The first-order valence-corrected chi connectivity index (χ1v) is 6.88. The van der Waals surface area contributed by atoms with Gasteiger partial charge in [0.05, 0.1) is 4.75 Å². The number of benzene rings is 1. The molecule has 0 saturated carbocycles. The minimum absolute atomic E-state index is 0.334. The average molecular weight is 260 g/mol. The Hall–Kier alpha value is -1.55. The van der Waals surface area contributed by atoms with Crippen molar-refractivity contribution in [3.8, 4) is 0 Å². The van der Waals surface area contributed by atoms with Crippen molar-refractivity contribution in [1.29, 1.82) is 0 Å². The molecule has 0 N–H and O–H groups in total. The quantitative estimate of drug-likeness (QED) is 0.779. The lowest BCUT2D eigenvalue weighted by molar-refractivity contribution is 0.651. The third-order valence-electron chi connectivity index (χ3n) is 2.53. The van der Waals surface area contributed by atoms with Gasteiger partial charge in [-0.25, -0.2) is 4.21 Å². The summed E-state index contributed by atoms with van der Waals surface area (Å²) in [7, 11) is -1.23. The summed E-state index contributed by atoms with van der Waals surface area (Å²) >= 11 is 0. The Morgan fingerprint density at radius 2 is 2.06 bits per heavy atom. The number of nitrogens with zero attached hydrogens (tertiary/aromatic N) is 2. The van der Waals surface area contributed by atoms with Gasteiger partial charge in [0, 0.05) is 29.6 Å². The molecule has 1 heterocycles. The summed E-state index contributed by atoms with van der Waals surface area (Å²) in [6, 6.07) is 7.89. The van der Waals surface area contributed by atoms with Crippen LogP contribution in [0.3, 0.4) is 0 Å². The highest BCUT2D eigenvalue weighted by molar-refractivity contribution is 7.85. The fraction of sp³-hybridized carbons (Fsp3) is 0.286. The zero-order chi connectivity index (χ0) is 13.2. The van der Waals surface area contributed by atoms with Crippen molar-refractivity contribution >= 4 is 28.0 Å². The van der Waals surface area contributed by atoms with Crippen LogP contribution in [0.2, 0.25) is 0 Å². The Morgan fingerprint density at radius 1 is 1.28 bits per heavy atom. The molecule has 1 atom stereocenters. The van der Waals surface area contributed by atoms with E-state index in [9.17, 15) is 4.21 Å². The summed E-state index contributed by atoms with van der Waals surface area (Å²) in [5.41, 5.74) is 0.943. The van der Waals surface area contributed by atoms with Gasteiger partial charge in [-0.2, -0.15) is 4.40 Å². The lowest BCUT2D eigenvalue weighted by Gasteiger charge is -2.12. The Balaban J connectivity index is 2.38. The first-order chi connectivity index (χ1) is 8.48. The summed E-state index contributed by atoms with van der Waals surface area (Å²) in [6.45, 7) is 5.72. The minimum atomic E-state index is -1.23. The lowest BCUT2D eigenvalue weighted by atomic mass is 10.1. The van der Waals surface area contributed by atoms with E-state index >= 15 is 0 Å². The number of fused-ring (bicyclic) bond motifs is 1. The molecule has 0 radical (unpaired) electrons. The van der Waals surface area contributed by atoms with Gasteiger partial charge in [-0.05, 0) is 32.2 Å². The summed E-state index contributed by atoms with van der Waals surface area (Å²) in [4.78, 5) is 4.11. The van der Waals surface area contributed by atoms with E-state index in [0.717, 1.165) is 16.3 Å². The molecule has 0 aliphatic heterocycles. The zero-order valence-corrected chi connectivity index (χ0v) is 11.6. The van der Waals surface area contributed by atoms with Gasteiger partial charge >= 0.3 is 0 Å². The maximum atomic E-state index is 11.9. The second-order valence-corrected chi connectivity index (χ2v) is 6.97. The molecule has 1 aromatic heterocycles. The molecular formula is C14H16N2OS. The van der Waals surface area contributed by atoms with Gasteiger partial charge in [0.15, 0.2) is 0 Å². The summed E-state index contributed by atoms with van der Waals surface area (Å²) in [6.07, 6.45) is 5.23. The van der Waals surface area contributed by atoms with Crippen LogP contribution in [0.15, 0.2) is 41.1 Å². The molecule has 0 aliphatic rings. The predicted octanol–water partition coefficient (Wildman–Crippen LogP) is 3.12. The maximum Gasteiger partial charge on any atom is 0.144 e. The molecule has 4 heteroatoms. The average Bonchev–Trinajstić information content (AvgIpc) is 2.34. The molecule has 2 rings (SSSR count). The molecule has 0 aliphatic carbocycles. The third kappa shape index (κ3) is 2.82. The molecule has 1 unspecified atom stereocenters. The number of aromatic nitrogens is 1. The Kier molecular flexibility index (Phi) is 3.57. The highest BCUT2D eigenvalue weighted by atomic mass is 32.2. The van der Waals surface area contributed by atoms with Gasteiger partial charge < -0.3 is 0 Å². The van der Waals surface area contributed by atoms with Crippen LogP contribution in [0.1, 0.15) is 26.3 Å². The van der Waals surface area contributed by atoms with Crippen LogP contribution < -0.4 is 0 Å². The van der Waals surface area contributed by atoms with Crippen LogP contribution in [0.25, 0.3) is 10.8 Å². The Morgan fingerprint density at radius 3 is 2.78 bits per heavy atom. The van der Waals surface area contributed by atoms with Gasteiger partial charge in [0.1, 0.15) is 11.0 Å². The van der Waals surface area contributed by atoms with Crippen LogP contribution in [-0.4, -0.2) is 20.2 Å². The van der Waals surface area contributed by atoms with Crippen LogP contribution >= 0.6 is 0 Å². The van der Waals surface area contributed by atoms with E-state index in [2.05, 4.69) is 9.38 Å². The fourth-order valence-corrected chi connectivity index (χ4v) is 2.04. The number of pyridine rings is 1. The second kappa shape index (κ2) is 4.98. The van der Waals surface area contributed by atoms with E-state index in [1.165, 1.54) is 0 Å². The zero-order valence-electron chi connectivity index (χ0n) is 10.8. The van der Waals surface area contributed by atoms with Crippen molar-refractivity contribution in [3.05, 3.63) is 42.2 Å². The standard InChI is InChI=1S/C14H16N2OS/c1-14(2,3)18(17)16-9-12-6-4-5-11-7-8-15-10-13(11)12/h4-10H,1-3H3/b16-9+. The lowest BCUT2D eigenvalue weighted by Crippen LogP contribution is -2.19. The predicted molar refractivity (Wildman–Crippen MR) is 77.2 cm³/mol. The highest BCUT2D eigenvalue weighted by Crippen LogP contribution is 2.17. The molecule has 2 aromatic rings. The minimum Gasteiger partial charge on any atom is -0.264 e. The van der Waals surface area contributed by atoms with Crippen molar-refractivity contribution in [1.82, 2.24) is 4.98 Å². The van der Waals surface area contributed by atoms with E-state index in [0.29, 0.717) is 0 Å². The van der Waals surface area contributed by atoms with Gasteiger partial charge in [0.25, 0.3) is 0 Å². The van der Waals surface area contributed by atoms with E-state index in [4.69, 9.17) is 0 Å². The molecule has 1 aromatic carbocycles. The smallest absolute Gasteiger partial charge is 0.144 e. The van der Waals surface area contributed by atoms with Gasteiger partial charge in [-0.1, -0.05) is 18.2 Å². The van der Waals surface area contributed by atoms with Crippen molar-refractivity contribution in [2.45, 2.75) is 25.5 Å². The molecule has 0 spiro atoms. The SMILES string of the molecule is CC(C)(C)S(=O)/N=C/c1cccc2ccncc12. The third-order valence-corrected chi connectivity index (χ3v) is 3.87. The summed E-state index contributed by atoms with van der Waals surface area (Å²) in [5, 5.41) is 2.13. The van der Waals surface area contributed by atoms with Crippen molar-refractivity contribution in [2.24, 2.45) is 4.40 Å². The van der Waals surface area contributed by atoms with E-state index in [-0.39, 0.29) is 4.75 Å². The normalized spacial score (nSPS) is 14.2. The maximum absolute atomic E-state index is 11.9. The molecule has 0 bridgehead atoms. The van der Waals surface area contributed by atoms with Crippen LogP contribution in [0.4, 0.5) is 0 Å². The van der Waals surface area contributed by atoms with Gasteiger partial charge in [-0.15, -0.1) is 0 Å². The number of hydrogen-bond donors (Lipinski definition) is 0. The molecular weight excluding hydrogens is 244 g/mol. The van der Waals surface area contributed by atoms with Gasteiger partial charge in [0.2, 0.25) is 0 Å². The molecule has 0 saturated heterocycles. The topological polar surface area (TPSA) is 42.3 Å². The largest absolute Gasteiger partial charge is 0.264 e. The summed E-state index contributed by atoms with van der Waals surface area (Å²) in [5.74, 6) is 0. The molecule has 3 nitrogen and oxygen atoms in total. The first-order valence-electron chi connectivity index (χ1n) is 5.77. The molecule has 0 amide bonds. The molecule has 18 heavy (non-hydrogen) atoms. The molecule has 0 fully saturated rings. The van der Waals surface area contributed by atoms with Crippen molar-refractivity contribution in [2.75, 3.05) is 0 Å².